The monoisotopic (exact) mass is 406 g/mol. The molecule has 1 aromatic heterocycles. The third kappa shape index (κ3) is 5.20. The first-order chi connectivity index (χ1) is 14.6. The van der Waals surface area contributed by atoms with Crippen LogP contribution in [-0.4, -0.2) is 16.9 Å². The van der Waals surface area contributed by atoms with Crippen molar-refractivity contribution in [1.82, 2.24) is 4.98 Å². The molecule has 30 heavy (non-hydrogen) atoms. The summed E-state index contributed by atoms with van der Waals surface area (Å²) in [4.78, 5) is 28.0. The Morgan fingerprint density at radius 2 is 1.83 bits per heavy atom. The van der Waals surface area contributed by atoms with E-state index in [4.69, 9.17) is 9.47 Å². The average molecular weight is 406 g/mol. The van der Waals surface area contributed by atoms with Crippen molar-refractivity contribution >= 4 is 17.7 Å². The number of nitrogens with one attached hydrogen (secondary N) is 1. The summed E-state index contributed by atoms with van der Waals surface area (Å²) in [6, 6.07) is 16.1. The molecule has 0 unspecified atom stereocenters. The maximum Gasteiger partial charge on any atom is 0.315 e. The molecular weight excluding hydrogens is 387 g/mol. The fourth-order valence-electron chi connectivity index (χ4n) is 2.80. The van der Waals surface area contributed by atoms with Gasteiger partial charge in [0.1, 0.15) is 17.3 Å². The van der Waals surface area contributed by atoms with E-state index in [1.165, 1.54) is 24.4 Å². The summed E-state index contributed by atoms with van der Waals surface area (Å²) in [7, 11) is 0. The van der Waals surface area contributed by atoms with Gasteiger partial charge in [-0.3, -0.25) is 9.59 Å². The number of ether oxygens (including phenoxy) is 2. The Balaban J connectivity index is 1.38. The van der Waals surface area contributed by atoms with Crippen molar-refractivity contribution in [3.63, 3.8) is 0 Å². The van der Waals surface area contributed by atoms with Crippen LogP contribution in [0, 0.1) is 11.7 Å². The van der Waals surface area contributed by atoms with E-state index in [1.54, 1.807) is 36.4 Å². The van der Waals surface area contributed by atoms with Gasteiger partial charge in [0.05, 0.1) is 6.42 Å². The topological polar surface area (TPSA) is 77.5 Å². The number of nitrogens with zero attached hydrogens (tertiary/aromatic N) is 1. The molecule has 6 nitrogen and oxygen atoms in total. The number of hydrogen-bond acceptors (Lipinski definition) is 5. The zero-order valence-electron chi connectivity index (χ0n) is 16.0. The Kier molecular flexibility index (Phi) is 5.70. The highest BCUT2D eigenvalue weighted by Crippen LogP contribution is 2.31. The second-order valence-electron chi connectivity index (χ2n) is 6.97. The van der Waals surface area contributed by atoms with Crippen LogP contribution >= 0.6 is 0 Å². The van der Waals surface area contributed by atoms with Crippen molar-refractivity contribution < 1.29 is 23.5 Å². The molecule has 1 heterocycles. The molecule has 1 fully saturated rings. The summed E-state index contributed by atoms with van der Waals surface area (Å²) in [6.07, 6.45) is 3.18. The molecule has 0 aliphatic heterocycles. The number of para-hydroxylation sites is 1. The fraction of sp³-hybridized carbons (Fsp3) is 0.174. The number of pyridine rings is 1. The summed E-state index contributed by atoms with van der Waals surface area (Å²) in [5, 5.41) is 2.72. The summed E-state index contributed by atoms with van der Waals surface area (Å²) in [5.41, 5.74) is 0.466. The molecule has 1 amide bonds. The SMILES string of the molecule is O=C(Cc1ccc(Oc2ccnc(NC(=O)C3CC3)c2)c(F)c1)Oc1ccccc1. The molecule has 1 N–H and O–H groups in total. The van der Waals surface area contributed by atoms with E-state index in [-0.39, 0.29) is 24.0 Å². The number of hydrogen-bond donors (Lipinski definition) is 1. The molecule has 1 aliphatic rings. The number of benzene rings is 2. The van der Waals surface area contributed by atoms with Crippen LogP contribution in [0.25, 0.3) is 0 Å². The molecule has 152 valence electrons. The Bertz CT molecular complexity index is 1070. The van der Waals surface area contributed by atoms with Gasteiger partial charge in [-0.25, -0.2) is 9.37 Å². The van der Waals surface area contributed by atoms with Crippen molar-refractivity contribution in [3.8, 4) is 17.2 Å². The van der Waals surface area contributed by atoms with Gasteiger partial charge in [-0.15, -0.1) is 0 Å². The molecule has 0 saturated heterocycles. The Hall–Kier alpha value is -3.74. The first-order valence-corrected chi connectivity index (χ1v) is 9.56. The molecule has 0 bridgehead atoms. The first-order valence-electron chi connectivity index (χ1n) is 9.56. The van der Waals surface area contributed by atoms with E-state index in [2.05, 4.69) is 10.3 Å². The molecule has 0 radical (unpaired) electrons. The highest BCUT2D eigenvalue weighted by atomic mass is 19.1. The number of halogens is 1. The molecule has 0 spiro atoms. The lowest BCUT2D eigenvalue weighted by Crippen LogP contribution is -2.14. The van der Waals surface area contributed by atoms with E-state index in [0.29, 0.717) is 22.9 Å². The molecule has 1 saturated carbocycles. The van der Waals surface area contributed by atoms with E-state index >= 15 is 0 Å². The van der Waals surface area contributed by atoms with Crippen LogP contribution in [-0.2, 0) is 16.0 Å². The van der Waals surface area contributed by atoms with Crippen molar-refractivity contribution in [3.05, 3.63) is 78.2 Å². The fourth-order valence-corrected chi connectivity index (χ4v) is 2.80. The van der Waals surface area contributed by atoms with Crippen molar-refractivity contribution in [2.75, 3.05) is 5.32 Å². The zero-order valence-corrected chi connectivity index (χ0v) is 16.0. The molecule has 0 atom stereocenters. The lowest BCUT2D eigenvalue weighted by molar-refractivity contribution is -0.133. The highest BCUT2D eigenvalue weighted by Gasteiger charge is 2.29. The van der Waals surface area contributed by atoms with E-state index in [0.717, 1.165) is 12.8 Å². The number of aromatic nitrogens is 1. The second kappa shape index (κ2) is 8.73. The van der Waals surface area contributed by atoms with Gasteiger partial charge in [-0.2, -0.15) is 0 Å². The summed E-state index contributed by atoms with van der Waals surface area (Å²) in [5.74, 6) is 0.00899. The van der Waals surface area contributed by atoms with Crippen LogP contribution < -0.4 is 14.8 Å². The van der Waals surface area contributed by atoms with Crippen molar-refractivity contribution in [2.45, 2.75) is 19.3 Å². The predicted molar refractivity (Wildman–Crippen MR) is 108 cm³/mol. The lowest BCUT2D eigenvalue weighted by atomic mass is 10.1. The molecule has 7 heteroatoms. The lowest BCUT2D eigenvalue weighted by Gasteiger charge is -2.10. The van der Waals surface area contributed by atoms with Crippen LogP contribution in [0.3, 0.4) is 0 Å². The third-order valence-corrected chi connectivity index (χ3v) is 4.48. The van der Waals surface area contributed by atoms with Gasteiger partial charge in [0.2, 0.25) is 5.91 Å². The van der Waals surface area contributed by atoms with Crippen LogP contribution in [0.1, 0.15) is 18.4 Å². The Morgan fingerprint density at radius 1 is 1.03 bits per heavy atom. The van der Waals surface area contributed by atoms with Crippen LogP contribution in [0.2, 0.25) is 0 Å². The largest absolute Gasteiger partial charge is 0.454 e. The standard InChI is InChI=1S/C23H19FN2O4/c24-19-12-15(13-22(27)30-17-4-2-1-3-5-17)6-9-20(19)29-18-10-11-25-21(14-18)26-23(28)16-7-8-16/h1-6,9-12,14,16H,7-8,13H2,(H,25,26,28). The third-order valence-electron chi connectivity index (χ3n) is 4.48. The minimum absolute atomic E-state index is 0.000783. The highest BCUT2D eigenvalue weighted by molar-refractivity contribution is 5.93. The average Bonchev–Trinajstić information content (AvgIpc) is 3.57. The van der Waals surface area contributed by atoms with Gasteiger partial charge < -0.3 is 14.8 Å². The number of carbonyl (C=O) groups excluding carboxylic acids is 2. The van der Waals surface area contributed by atoms with Gasteiger partial charge in [-0.1, -0.05) is 24.3 Å². The van der Waals surface area contributed by atoms with E-state index in [1.807, 2.05) is 6.07 Å². The molecule has 4 rings (SSSR count). The first kappa shape index (κ1) is 19.6. The minimum Gasteiger partial charge on any atom is -0.454 e. The molecular formula is C23H19FN2O4. The van der Waals surface area contributed by atoms with Gasteiger partial charge in [-0.05, 0) is 48.7 Å². The van der Waals surface area contributed by atoms with E-state index in [9.17, 15) is 14.0 Å². The quantitative estimate of drug-likeness (QED) is 0.461. The Labute approximate surface area is 172 Å². The van der Waals surface area contributed by atoms with Gasteiger partial charge in [0, 0.05) is 18.2 Å². The minimum atomic E-state index is -0.611. The van der Waals surface area contributed by atoms with Crippen LogP contribution in [0.4, 0.5) is 10.2 Å². The number of carbonyl (C=O) groups is 2. The zero-order chi connectivity index (χ0) is 20.9. The van der Waals surface area contributed by atoms with Gasteiger partial charge in [0.25, 0.3) is 0 Å². The molecule has 3 aromatic rings. The summed E-state index contributed by atoms with van der Waals surface area (Å²) < 4.78 is 25.3. The molecule has 1 aliphatic carbocycles. The smallest absolute Gasteiger partial charge is 0.315 e. The van der Waals surface area contributed by atoms with Crippen molar-refractivity contribution in [1.29, 1.82) is 0 Å². The predicted octanol–water partition coefficient (Wildman–Crippen LogP) is 4.51. The van der Waals surface area contributed by atoms with Crippen LogP contribution in [0.15, 0.2) is 66.9 Å². The van der Waals surface area contributed by atoms with Crippen LogP contribution in [0.5, 0.6) is 17.2 Å². The second-order valence-corrected chi connectivity index (χ2v) is 6.97. The maximum absolute atomic E-state index is 14.5. The number of anilines is 1. The maximum atomic E-state index is 14.5. The van der Waals surface area contributed by atoms with Gasteiger partial charge >= 0.3 is 5.97 Å². The summed E-state index contributed by atoms with van der Waals surface area (Å²) >= 11 is 0. The summed E-state index contributed by atoms with van der Waals surface area (Å²) in [6.45, 7) is 0. The molecule has 2 aromatic carbocycles. The van der Waals surface area contributed by atoms with E-state index < -0.39 is 11.8 Å². The van der Waals surface area contributed by atoms with Gasteiger partial charge in [0.15, 0.2) is 11.6 Å². The Morgan fingerprint density at radius 3 is 2.57 bits per heavy atom. The normalized spacial score (nSPS) is 12.8. The number of esters is 1. The number of rotatable bonds is 7. The van der Waals surface area contributed by atoms with Crippen molar-refractivity contribution in [2.24, 2.45) is 5.92 Å². The number of amides is 1.